The zero-order valence-electron chi connectivity index (χ0n) is 14.8. The topological polar surface area (TPSA) is 51.9 Å². The number of rotatable bonds is 5. The number of aromatic nitrogens is 3. The van der Waals surface area contributed by atoms with Gasteiger partial charge in [0.25, 0.3) is 5.91 Å². The van der Waals surface area contributed by atoms with Crippen LogP contribution in [0, 0.1) is 12.7 Å². The van der Waals surface area contributed by atoms with E-state index in [1.54, 1.807) is 29.1 Å². The third-order valence-corrected chi connectivity index (χ3v) is 4.80. The molecular formula is C19H20BrFN4O. The molecule has 3 rings (SSSR count). The lowest BCUT2D eigenvalue weighted by Gasteiger charge is -2.15. The molecule has 0 aliphatic heterocycles. The van der Waals surface area contributed by atoms with Crippen molar-refractivity contribution in [2.24, 2.45) is 0 Å². The van der Waals surface area contributed by atoms with E-state index in [2.05, 4.69) is 26.3 Å². The molecule has 1 atom stereocenters. The fourth-order valence-electron chi connectivity index (χ4n) is 2.97. The predicted molar refractivity (Wildman–Crippen MR) is 102 cm³/mol. The van der Waals surface area contributed by atoms with Crippen molar-refractivity contribution in [2.75, 3.05) is 0 Å². The Labute approximate surface area is 160 Å². The number of nitrogens with zero attached hydrogens (tertiary/aromatic N) is 3. The van der Waals surface area contributed by atoms with Gasteiger partial charge in [-0.3, -0.25) is 4.79 Å². The Kier molecular flexibility index (Phi) is 5.27. The Morgan fingerprint density at radius 2 is 2.04 bits per heavy atom. The second kappa shape index (κ2) is 7.45. The second-order valence-corrected chi connectivity index (χ2v) is 7.01. The summed E-state index contributed by atoms with van der Waals surface area (Å²) in [6.07, 6.45) is 3.62. The Balaban J connectivity index is 1.81. The first-order valence-corrected chi connectivity index (χ1v) is 9.17. The number of halogens is 2. The standard InChI is InChI=1S/C19H20BrFN4O/c1-4-24-11-14(20)9-18(24)19(26)23-12(2)17-10-22-25(13(17)3)16-7-5-15(21)6-8-16/h5-12H,4H2,1-3H3,(H,23,26). The first-order chi connectivity index (χ1) is 12.4. The van der Waals surface area contributed by atoms with Gasteiger partial charge in [-0.05, 0) is 67.0 Å². The number of carbonyl (C=O) groups is 1. The first kappa shape index (κ1) is 18.4. The second-order valence-electron chi connectivity index (χ2n) is 6.10. The lowest BCUT2D eigenvalue weighted by molar-refractivity contribution is 0.0930. The van der Waals surface area contributed by atoms with Crippen molar-refractivity contribution < 1.29 is 9.18 Å². The maximum atomic E-state index is 13.1. The van der Waals surface area contributed by atoms with Crippen molar-refractivity contribution in [3.8, 4) is 5.69 Å². The van der Waals surface area contributed by atoms with Gasteiger partial charge < -0.3 is 9.88 Å². The summed E-state index contributed by atoms with van der Waals surface area (Å²) in [6, 6.07) is 7.74. The molecule has 1 unspecified atom stereocenters. The molecule has 1 amide bonds. The van der Waals surface area contributed by atoms with Crippen molar-refractivity contribution in [1.82, 2.24) is 19.7 Å². The van der Waals surface area contributed by atoms with Gasteiger partial charge in [-0.2, -0.15) is 5.10 Å². The summed E-state index contributed by atoms with van der Waals surface area (Å²) in [4.78, 5) is 12.6. The van der Waals surface area contributed by atoms with Crippen molar-refractivity contribution in [3.63, 3.8) is 0 Å². The molecular weight excluding hydrogens is 399 g/mol. The predicted octanol–water partition coefficient (Wildman–Crippen LogP) is 4.39. The maximum absolute atomic E-state index is 13.1. The van der Waals surface area contributed by atoms with Crippen molar-refractivity contribution in [2.45, 2.75) is 33.4 Å². The largest absolute Gasteiger partial charge is 0.344 e. The molecule has 1 N–H and O–H groups in total. The highest BCUT2D eigenvalue weighted by Crippen LogP contribution is 2.22. The number of hydrogen-bond acceptors (Lipinski definition) is 2. The summed E-state index contributed by atoms with van der Waals surface area (Å²) in [6.45, 7) is 6.55. The number of carbonyl (C=O) groups excluding carboxylic acids is 1. The van der Waals surface area contributed by atoms with Gasteiger partial charge in [0.15, 0.2) is 0 Å². The molecule has 0 saturated carbocycles. The molecule has 0 radical (unpaired) electrons. The Morgan fingerprint density at radius 3 is 2.69 bits per heavy atom. The molecule has 2 aromatic heterocycles. The molecule has 0 fully saturated rings. The molecule has 2 heterocycles. The van der Waals surface area contributed by atoms with E-state index in [1.165, 1.54) is 12.1 Å². The molecule has 136 valence electrons. The summed E-state index contributed by atoms with van der Waals surface area (Å²) < 4.78 is 17.6. The molecule has 0 aliphatic rings. The molecule has 26 heavy (non-hydrogen) atoms. The van der Waals surface area contributed by atoms with Crippen LogP contribution >= 0.6 is 15.9 Å². The molecule has 7 heteroatoms. The average Bonchev–Trinajstić information content (AvgIpc) is 3.18. The highest BCUT2D eigenvalue weighted by atomic mass is 79.9. The molecule has 0 aliphatic carbocycles. The van der Waals surface area contributed by atoms with E-state index < -0.39 is 0 Å². The molecule has 3 aromatic rings. The van der Waals surface area contributed by atoms with Crippen LogP contribution in [-0.4, -0.2) is 20.3 Å². The van der Waals surface area contributed by atoms with Gasteiger partial charge >= 0.3 is 0 Å². The van der Waals surface area contributed by atoms with Gasteiger partial charge in [0.05, 0.1) is 17.9 Å². The summed E-state index contributed by atoms with van der Waals surface area (Å²) >= 11 is 3.41. The fraction of sp³-hybridized carbons (Fsp3) is 0.263. The molecule has 0 saturated heterocycles. The minimum Gasteiger partial charge on any atom is -0.344 e. The van der Waals surface area contributed by atoms with E-state index in [-0.39, 0.29) is 17.8 Å². The first-order valence-electron chi connectivity index (χ1n) is 8.37. The zero-order valence-corrected chi connectivity index (χ0v) is 16.4. The number of benzene rings is 1. The Morgan fingerprint density at radius 1 is 1.35 bits per heavy atom. The normalized spacial score (nSPS) is 12.2. The smallest absolute Gasteiger partial charge is 0.268 e. The summed E-state index contributed by atoms with van der Waals surface area (Å²) in [5.74, 6) is -0.427. The van der Waals surface area contributed by atoms with Crippen LogP contribution in [0.15, 0.2) is 47.2 Å². The van der Waals surface area contributed by atoms with Gasteiger partial charge in [-0.25, -0.2) is 9.07 Å². The highest BCUT2D eigenvalue weighted by Gasteiger charge is 2.19. The van der Waals surface area contributed by atoms with E-state index >= 15 is 0 Å². The van der Waals surface area contributed by atoms with Crippen LogP contribution in [0.2, 0.25) is 0 Å². The number of aryl methyl sites for hydroxylation is 1. The SMILES string of the molecule is CCn1cc(Br)cc1C(=O)NC(C)c1cnn(-c2ccc(F)cc2)c1C. The average molecular weight is 419 g/mol. The lowest BCUT2D eigenvalue weighted by atomic mass is 10.1. The van der Waals surface area contributed by atoms with E-state index in [1.807, 2.05) is 31.5 Å². The molecule has 0 spiro atoms. The zero-order chi connectivity index (χ0) is 18.8. The number of amides is 1. The van der Waals surface area contributed by atoms with E-state index in [0.29, 0.717) is 12.2 Å². The van der Waals surface area contributed by atoms with Crippen molar-refractivity contribution >= 4 is 21.8 Å². The lowest BCUT2D eigenvalue weighted by Crippen LogP contribution is -2.28. The summed E-state index contributed by atoms with van der Waals surface area (Å²) in [7, 11) is 0. The van der Waals surface area contributed by atoms with E-state index in [9.17, 15) is 9.18 Å². The highest BCUT2D eigenvalue weighted by molar-refractivity contribution is 9.10. The van der Waals surface area contributed by atoms with Crippen LogP contribution in [0.1, 0.15) is 41.6 Å². The molecule has 5 nitrogen and oxygen atoms in total. The van der Waals surface area contributed by atoms with Crippen molar-refractivity contribution in [3.05, 3.63) is 70.0 Å². The summed E-state index contributed by atoms with van der Waals surface area (Å²) in [5.41, 5.74) is 3.19. The van der Waals surface area contributed by atoms with Crippen LogP contribution in [0.3, 0.4) is 0 Å². The van der Waals surface area contributed by atoms with Gasteiger partial charge in [0, 0.05) is 28.5 Å². The van der Waals surface area contributed by atoms with Gasteiger partial charge in [0.2, 0.25) is 0 Å². The molecule has 0 bridgehead atoms. The third kappa shape index (κ3) is 3.58. The quantitative estimate of drug-likeness (QED) is 0.667. The summed E-state index contributed by atoms with van der Waals surface area (Å²) in [5, 5.41) is 7.41. The van der Waals surface area contributed by atoms with Gasteiger partial charge in [-0.1, -0.05) is 0 Å². The van der Waals surface area contributed by atoms with Gasteiger partial charge in [-0.15, -0.1) is 0 Å². The monoisotopic (exact) mass is 418 g/mol. The van der Waals surface area contributed by atoms with Crippen LogP contribution in [0.4, 0.5) is 4.39 Å². The van der Waals surface area contributed by atoms with Crippen LogP contribution in [0.5, 0.6) is 0 Å². The van der Waals surface area contributed by atoms with Crippen LogP contribution in [-0.2, 0) is 6.54 Å². The Bertz CT molecular complexity index is 930. The maximum Gasteiger partial charge on any atom is 0.268 e. The molecule has 1 aromatic carbocycles. The van der Waals surface area contributed by atoms with Crippen molar-refractivity contribution in [1.29, 1.82) is 0 Å². The third-order valence-electron chi connectivity index (χ3n) is 4.37. The van der Waals surface area contributed by atoms with E-state index in [0.717, 1.165) is 21.4 Å². The van der Waals surface area contributed by atoms with E-state index in [4.69, 9.17) is 0 Å². The minimum absolute atomic E-state index is 0.140. The van der Waals surface area contributed by atoms with Crippen LogP contribution < -0.4 is 5.32 Å². The van der Waals surface area contributed by atoms with Gasteiger partial charge in [0.1, 0.15) is 11.5 Å². The Hall–Kier alpha value is -2.41. The minimum atomic E-state index is -0.287. The fourth-order valence-corrected chi connectivity index (χ4v) is 3.43. The number of hydrogen-bond donors (Lipinski definition) is 1. The van der Waals surface area contributed by atoms with Crippen LogP contribution in [0.25, 0.3) is 5.69 Å². The number of nitrogens with one attached hydrogen (secondary N) is 1.